The van der Waals surface area contributed by atoms with Crippen LogP contribution in [0, 0.1) is 0 Å². The lowest BCUT2D eigenvalue weighted by Crippen LogP contribution is -2.58. The number of amides is 13. The minimum atomic E-state index is -4.62. The third-order valence-corrected chi connectivity index (χ3v) is 20.4. The number of nitrogens with one attached hydrogen (secondary N) is 16. The van der Waals surface area contributed by atoms with Gasteiger partial charge in [0.2, 0.25) is 70.9 Å². The van der Waals surface area contributed by atoms with Crippen LogP contribution in [-0.2, 0) is 90.1 Å². The molecule has 5 heterocycles. The maximum absolute atomic E-state index is 14.6. The third kappa shape index (κ3) is 31.1. The first-order valence-electron chi connectivity index (χ1n) is 38.7. The first-order chi connectivity index (χ1) is 56.9. The Labute approximate surface area is 683 Å². The van der Waals surface area contributed by atoms with Gasteiger partial charge in [0.25, 0.3) is 16.0 Å². The second kappa shape index (κ2) is 45.9. The van der Waals surface area contributed by atoms with E-state index in [9.17, 15) is 95.1 Å². The van der Waals surface area contributed by atoms with E-state index in [-0.39, 0.29) is 138 Å². The van der Waals surface area contributed by atoms with Gasteiger partial charge in [0.05, 0.1) is 37.7 Å². The van der Waals surface area contributed by atoms with Crippen molar-refractivity contribution in [1.29, 1.82) is 0 Å². The van der Waals surface area contributed by atoms with Gasteiger partial charge in [0.15, 0.2) is 11.9 Å². The van der Waals surface area contributed by atoms with Gasteiger partial charge in [0.1, 0.15) is 65.1 Å². The Hall–Kier alpha value is -13.2. The minimum Gasteiger partial charge on any atom is -0.481 e. The van der Waals surface area contributed by atoms with Gasteiger partial charge in [0, 0.05) is 69.3 Å². The smallest absolute Gasteiger partial charge is 0.305 e. The molecule has 0 spiro atoms. The quantitative estimate of drug-likeness (QED) is 0.00911. The highest BCUT2D eigenvalue weighted by Crippen LogP contribution is 2.18. The molecule has 23 N–H and O–H groups in total. The first-order valence-corrected chi connectivity index (χ1v) is 40.1. The SMILES string of the molecule is NC1=NCCC(CC[C@@H]2NC(=O)[C@H](CCCCNC(=O)CC[C@H](NC(=O)c3ccc(N/N=C\c4ccccc4S(=O)(=O)O)nc3)C(=O)NCCCC[C@H]3NC(=O)[C@H](Cc4ccccc4)NC(=O)[C@H](CC(=O)O)NC(=O)CNC(=O)[C@H](CCC4CCN=C(N)N4)NC3=O)NC(=O)[C@H](Cc3ccccc3)NC(=O)[C@H](CC(=O)O)NC(=O)CNC2=O)N1. The summed E-state index contributed by atoms with van der Waals surface area (Å²) in [6, 6.07) is 11.0. The molecular formula is C76H100N22O20S. The van der Waals surface area contributed by atoms with Crippen LogP contribution >= 0.6 is 0 Å². The number of aromatic nitrogens is 1. The van der Waals surface area contributed by atoms with Crippen molar-refractivity contribution >= 4 is 123 Å². The fourth-order valence-electron chi connectivity index (χ4n) is 13.1. The lowest BCUT2D eigenvalue weighted by molar-refractivity contribution is -0.141. The van der Waals surface area contributed by atoms with Crippen molar-refractivity contribution < 1.29 is 95.1 Å². The number of carbonyl (C=O) groups excluding carboxylic acids is 13. The number of nitrogens with zero attached hydrogens (tertiary/aromatic N) is 4. The molecule has 4 aliphatic rings. The highest BCUT2D eigenvalue weighted by atomic mass is 32.2. The Morgan fingerprint density at radius 1 is 0.504 bits per heavy atom. The molecule has 0 aliphatic carbocycles. The van der Waals surface area contributed by atoms with E-state index in [1.54, 1.807) is 60.7 Å². The number of aliphatic imine (C=N–C) groups is 2. The molecule has 2 fully saturated rings. The Morgan fingerprint density at radius 3 is 1.39 bits per heavy atom. The summed E-state index contributed by atoms with van der Waals surface area (Å²) < 4.78 is 33.6. The van der Waals surface area contributed by atoms with Crippen LogP contribution in [-0.4, -0.2) is 241 Å². The number of carbonyl (C=O) groups is 15. The molecule has 2 unspecified atom stereocenters. The molecule has 4 aliphatic heterocycles. The van der Waals surface area contributed by atoms with Gasteiger partial charge in [-0.15, -0.1) is 0 Å². The van der Waals surface area contributed by atoms with Crippen LogP contribution < -0.4 is 96.6 Å². The van der Waals surface area contributed by atoms with E-state index in [1.165, 1.54) is 36.4 Å². The molecule has 0 bridgehead atoms. The summed E-state index contributed by atoms with van der Waals surface area (Å²) in [4.78, 5) is 218. The minimum absolute atomic E-state index is 0.0125. The highest BCUT2D eigenvalue weighted by Gasteiger charge is 2.37. The van der Waals surface area contributed by atoms with Crippen LogP contribution in [0.1, 0.15) is 130 Å². The number of pyridine rings is 1. The molecule has 0 radical (unpaired) electrons. The molecule has 42 nitrogen and oxygen atoms in total. The van der Waals surface area contributed by atoms with Crippen molar-refractivity contribution in [3.05, 3.63) is 126 Å². The number of benzene rings is 3. The second-order valence-electron chi connectivity index (χ2n) is 28.6. The van der Waals surface area contributed by atoms with E-state index >= 15 is 0 Å². The molecule has 43 heteroatoms. The van der Waals surface area contributed by atoms with Gasteiger partial charge in [-0.05, 0) is 113 Å². The zero-order chi connectivity index (χ0) is 86.0. The summed E-state index contributed by atoms with van der Waals surface area (Å²) in [6.45, 7) is -0.928. The molecule has 13 amide bonds. The number of hydrogen-bond donors (Lipinski definition) is 21. The zero-order valence-corrected chi connectivity index (χ0v) is 65.7. The van der Waals surface area contributed by atoms with E-state index < -0.39 is 190 Å². The van der Waals surface area contributed by atoms with E-state index in [4.69, 9.17) is 11.5 Å². The van der Waals surface area contributed by atoms with Crippen molar-refractivity contribution in [2.24, 2.45) is 26.6 Å². The van der Waals surface area contributed by atoms with Gasteiger partial charge in [-0.3, -0.25) is 91.9 Å². The third-order valence-electron chi connectivity index (χ3n) is 19.4. The van der Waals surface area contributed by atoms with Gasteiger partial charge < -0.3 is 101 Å². The summed E-state index contributed by atoms with van der Waals surface area (Å²) in [5.41, 5.74) is 15.5. The van der Waals surface area contributed by atoms with Crippen molar-refractivity contribution in [2.45, 2.75) is 187 Å². The van der Waals surface area contributed by atoms with Gasteiger partial charge >= 0.3 is 11.9 Å². The number of carboxylic acids is 2. The average Bonchev–Trinajstić information content (AvgIpc) is 1.58. The molecular weight excluding hydrogens is 1570 g/mol. The number of anilines is 1. The predicted octanol–water partition coefficient (Wildman–Crippen LogP) is -4.29. The lowest BCUT2D eigenvalue weighted by Gasteiger charge is -2.27. The van der Waals surface area contributed by atoms with Crippen LogP contribution in [0.4, 0.5) is 5.82 Å². The monoisotopic (exact) mass is 1670 g/mol. The summed E-state index contributed by atoms with van der Waals surface area (Å²) >= 11 is 0. The highest BCUT2D eigenvalue weighted by molar-refractivity contribution is 7.86. The number of nitrogens with two attached hydrogens (primary N) is 2. The van der Waals surface area contributed by atoms with Gasteiger partial charge in [-0.2, -0.15) is 13.5 Å². The topological polar surface area (TPSA) is 645 Å². The van der Waals surface area contributed by atoms with E-state index in [2.05, 4.69) is 105 Å². The summed E-state index contributed by atoms with van der Waals surface area (Å²) in [6.07, 6.45) is 0.956. The Kier molecular flexibility index (Phi) is 35.2. The van der Waals surface area contributed by atoms with Gasteiger partial charge in [-0.25, -0.2) is 4.98 Å². The van der Waals surface area contributed by atoms with Crippen LogP contribution in [0.3, 0.4) is 0 Å². The maximum atomic E-state index is 14.6. The van der Waals surface area contributed by atoms with Crippen LogP contribution in [0.2, 0.25) is 0 Å². The van der Waals surface area contributed by atoms with Crippen LogP contribution in [0.15, 0.2) is 123 Å². The van der Waals surface area contributed by atoms with Crippen LogP contribution in [0.25, 0.3) is 0 Å². The zero-order valence-electron chi connectivity index (χ0n) is 64.8. The molecule has 1 aromatic heterocycles. The summed E-state index contributed by atoms with van der Waals surface area (Å²) in [7, 11) is -4.62. The largest absolute Gasteiger partial charge is 0.481 e. The predicted molar refractivity (Wildman–Crippen MR) is 427 cm³/mol. The molecule has 0 saturated carbocycles. The molecule has 119 heavy (non-hydrogen) atoms. The number of guanidine groups is 2. The van der Waals surface area contributed by atoms with Crippen molar-refractivity contribution in [3.63, 3.8) is 0 Å². The molecule has 2 saturated heterocycles. The van der Waals surface area contributed by atoms with Crippen molar-refractivity contribution in [2.75, 3.05) is 44.7 Å². The van der Waals surface area contributed by atoms with E-state index in [1.807, 2.05) is 0 Å². The molecule has 8 rings (SSSR count). The lowest BCUT2D eigenvalue weighted by atomic mass is 10.0. The molecule has 4 aromatic rings. The summed E-state index contributed by atoms with van der Waals surface area (Å²) in [5, 5.41) is 63.0. The first kappa shape index (κ1) is 91.3. The van der Waals surface area contributed by atoms with Gasteiger partial charge in [-0.1, -0.05) is 78.9 Å². The maximum Gasteiger partial charge on any atom is 0.305 e. The second-order valence-corrected chi connectivity index (χ2v) is 30.0. The average molecular weight is 1670 g/mol. The number of unbranched alkanes of at least 4 members (excludes halogenated alkanes) is 2. The Bertz CT molecular complexity index is 4500. The van der Waals surface area contributed by atoms with E-state index in [0.29, 0.717) is 37.1 Å². The van der Waals surface area contributed by atoms with Crippen molar-refractivity contribution in [1.82, 2.24) is 84.7 Å². The number of hydrazone groups is 1. The standard InChI is InChI=1S/C76H100N22O20S/c77-75-81-33-29-47(87-75)22-24-51-67(108)84-41-61(100)89-56(37-63(102)103)73(114)96-54(35-43-13-3-1-4-14-43)71(112)92-49(69(110)94-51)18-9-11-31-79-60(99)28-26-53(91-65(106)46-21-27-59(83-39-46)98-86-40-45-17-7-8-20-58(45)119(116,117)118)66(107)80-32-12-10-19-50-70(111)95-52(25-23-48-30-34-82-76(78)88-48)68(109)85-42-62(101)90-57(38-64(104)105)74(115)97-55(72(113)93-50)36-44-15-5-2-6-16-44/h1-8,13-17,20-21,27,39-40,47-57H,9-12,18-19,22-26,28-38,41-42H2,(H,79,99)(H,80,107)(H,83,98)(H,84,108)(H,85,109)(H,89,100)(H,90,101)(H,91,106)(H,92,112)(H,93,113)(H,94,110)(H,95,111)(H,96,114)(H,97,115)(H,102,103)(H,104,105)(H3,77,81,87)(H3,78,82,88)(H,116,117,118)/b86-40-/t47?,48?,49-,50+,51-,52-,53-,54-,55-,56-,57-/m0/s1. The Morgan fingerprint density at radius 2 is 0.941 bits per heavy atom. The van der Waals surface area contributed by atoms with Crippen LogP contribution in [0.5, 0.6) is 0 Å². The number of carboxylic acid groups (broad SMARTS) is 2. The fourth-order valence-corrected chi connectivity index (χ4v) is 13.8. The fraction of sp³-hybridized carbons (Fsp3) is 0.461. The number of hydrogen-bond acceptors (Lipinski definition) is 26. The Balaban J connectivity index is 0.972. The van der Waals surface area contributed by atoms with Crippen molar-refractivity contribution in [3.8, 4) is 0 Å². The summed E-state index contributed by atoms with van der Waals surface area (Å²) in [5.74, 6) is -14.0. The molecule has 11 atom stereocenters. The number of rotatable bonds is 34. The normalized spacial score (nSPS) is 22.3. The van der Waals surface area contributed by atoms with E-state index in [0.717, 1.165) is 12.4 Å². The molecule has 3 aromatic carbocycles. The number of aliphatic carboxylic acids is 2. The molecule has 640 valence electrons.